The molecule has 108 valence electrons. The summed E-state index contributed by atoms with van der Waals surface area (Å²) in [6.45, 7) is 6.67. The van der Waals surface area contributed by atoms with Gasteiger partial charge in [-0.3, -0.25) is 18.5 Å². The van der Waals surface area contributed by atoms with Crippen molar-refractivity contribution in [1.82, 2.24) is 10.4 Å². The lowest BCUT2D eigenvalue weighted by Gasteiger charge is -2.36. The highest BCUT2D eigenvalue weighted by atomic mass is 32.3. The molecule has 18 heavy (non-hydrogen) atoms. The van der Waals surface area contributed by atoms with Gasteiger partial charge in [0.25, 0.3) is 0 Å². The Labute approximate surface area is 109 Å². The van der Waals surface area contributed by atoms with E-state index in [4.69, 9.17) is 13.7 Å². The Kier molecular flexibility index (Phi) is 4.98. The Morgan fingerprint density at radius 3 is 2.50 bits per heavy atom. The van der Waals surface area contributed by atoms with E-state index in [1.54, 1.807) is 4.90 Å². The minimum Gasteiger partial charge on any atom is -0.341 e. The second kappa shape index (κ2) is 5.72. The molecule has 7 nitrogen and oxygen atoms in total. The quantitative estimate of drug-likeness (QED) is 0.587. The molecule has 1 aliphatic heterocycles. The summed E-state index contributed by atoms with van der Waals surface area (Å²) in [5.74, 6) is 0.0459. The molecule has 1 atom stereocenters. The van der Waals surface area contributed by atoms with Gasteiger partial charge in [0.15, 0.2) is 0 Å². The first-order valence-electron chi connectivity index (χ1n) is 5.83. The molecule has 1 rings (SSSR count). The molecule has 0 bridgehead atoms. The van der Waals surface area contributed by atoms with Crippen molar-refractivity contribution in [2.24, 2.45) is 5.41 Å². The third-order valence-corrected chi connectivity index (χ3v) is 3.00. The first-order valence-corrected chi connectivity index (χ1v) is 7.26. The lowest BCUT2D eigenvalue weighted by molar-refractivity contribution is -0.141. The van der Waals surface area contributed by atoms with Gasteiger partial charge in [-0.05, 0) is 12.8 Å². The second-order valence-corrected chi connectivity index (χ2v) is 6.61. The zero-order chi connectivity index (χ0) is 14.0. The third kappa shape index (κ3) is 5.09. The number of hydrogen-bond donors (Lipinski definition) is 4. The van der Waals surface area contributed by atoms with Crippen LogP contribution in [0.1, 0.15) is 33.6 Å². The molecule has 1 amide bonds. The van der Waals surface area contributed by atoms with E-state index < -0.39 is 16.6 Å². The number of amides is 1. The number of rotatable bonds is 3. The summed E-state index contributed by atoms with van der Waals surface area (Å²) in [7, 11) is 0. The molecule has 0 aromatic carbocycles. The van der Waals surface area contributed by atoms with Crippen LogP contribution in [0.15, 0.2) is 0 Å². The molecule has 4 N–H and O–H groups in total. The van der Waals surface area contributed by atoms with Crippen molar-refractivity contribution in [2.75, 3.05) is 13.1 Å². The van der Waals surface area contributed by atoms with Crippen molar-refractivity contribution < 1.29 is 22.7 Å². The lowest BCUT2D eigenvalue weighted by Crippen LogP contribution is -2.50. The van der Waals surface area contributed by atoms with Crippen molar-refractivity contribution in [2.45, 2.75) is 39.7 Å². The van der Waals surface area contributed by atoms with Crippen LogP contribution in [-0.4, -0.2) is 43.6 Å². The van der Waals surface area contributed by atoms with Gasteiger partial charge < -0.3 is 4.90 Å². The Morgan fingerprint density at radius 2 is 2.00 bits per heavy atom. The Morgan fingerprint density at radius 1 is 1.39 bits per heavy atom. The van der Waals surface area contributed by atoms with Gasteiger partial charge in [0.05, 0.1) is 6.04 Å². The van der Waals surface area contributed by atoms with E-state index in [0.29, 0.717) is 13.1 Å². The largest absolute Gasteiger partial charge is 0.341 e. The van der Waals surface area contributed by atoms with Gasteiger partial charge in [-0.2, -0.15) is 9.76 Å². The summed E-state index contributed by atoms with van der Waals surface area (Å²) in [4.78, 5) is 13.8. The molecule has 0 saturated carbocycles. The Bertz CT molecular complexity index is 300. The number of carbonyl (C=O) groups is 1. The third-order valence-electron chi connectivity index (χ3n) is 2.68. The number of hydroxylamine groups is 1. The molecule has 0 aromatic heterocycles. The fraction of sp³-hybridized carbons (Fsp3) is 0.900. The van der Waals surface area contributed by atoms with Crippen LogP contribution in [0.4, 0.5) is 0 Å². The van der Waals surface area contributed by atoms with Crippen LogP contribution < -0.4 is 5.48 Å². The standard InChI is InChI=1S/C10H22N2O5S/c1-10(2,3)9(13)12-6-4-5-8(7-12)11-17-18(14,15)16/h8,11,14-16H,4-7H2,1-3H3. The summed E-state index contributed by atoms with van der Waals surface area (Å²) >= 11 is -4.00. The highest BCUT2D eigenvalue weighted by molar-refractivity contribution is 8.15. The number of hydrogen-bond acceptors (Lipinski definition) is 6. The maximum Gasteiger partial charge on any atom is 0.233 e. The summed E-state index contributed by atoms with van der Waals surface area (Å²) < 4.78 is 30.4. The smallest absolute Gasteiger partial charge is 0.233 e. The van der Waals surface area contributed by atoms with Crippen LogP contribution in [0, 0.1) is 5.41 Å². The van der Waals surface area contributed by atoms with Gasteiger partial charge >= 0.3 is 0 Å². The van der Waals surface area contributed by atoms with Crippen molar-refractivity contribution in [1.29, 1.82) is 0 Å². The van der Waals surface area contributed by atoms with Gasteiger partial charge in [-0.25, -0.2) is 0 Å². The molecule has 1 saturated heterocycles. The molecule has 0 aliphatic carbocycles. The molecule has 8 heteroatoms. The number of piperidine rings is 1. The minimum absolute atomic E-state index is 0.0459. The zero-order valence-corrected chi connectivity index (χ0v) is 11.7. The van der Waals surface area contributed by atoms with Gasteiger partial charge in [0.2, 0.25) is 17.1 Å². The minimum atomic E-state index is -4.00. The highest BCUT2D eigenvalue weighted by Crippen LogP contribution is 2.32. The van der Waals surface area contributed by atoms with Crippen LogP contribution >= 0.6 is 11.2 Å². The molecule has 0 aromatic rings. The lowest BCUT2D eigenvalue weighted by atomic mass is 9.93. The molecule has 1 unspecified atom stereocenters. The van der Waals surface area contributed by atoms with E-state index in [1.807, 2.05) is 20.8 Å². The van der Waals surface area contributed by atoms with Gasteiger partial charge in [0.1, 0.15) is 0 Å². The van der Waals surface area contributed by atoms with Crippen LogP contribution in [0.25, 0.3) is 0 Å². The van der Waals surface area contributed by atoms with Gasteiger partial charge in [-0.1, -0.05) is 20.8 Å². The molecule has 0 radical (unpaired) electrons. The molecule has 1 heterocycles. The van der Waals surface area contributed by atoms with E-state index in [9.17, 15) is 4.79 Å². The molecular formula is C10H22N2O5S. The highest BCUT2D eigenvalue weighted by Gasteiger charge is 2.31. The maximum atomic E-state index is 12.1. The van der Waals surface area contributed by atoms with Gasteiger partial charge in [-0.15, -0.1) is 0 Å². The first kappa shape index (κ1) is 15.7. The van der Waals surface area contributed by atoms with E-state index >= 15 is 0 Å². The monoisotopic (exact) mass is 282 g/mol. The van der Waals surface area contributed by atoms with Crippen LogP contribution in [0.5, 0.6) is 0 Å². The topological polar surface area (TPSA) is 102 Å². The van der Waals surface area contributed by atoms with Crippen LogP contribution in [-0.2, 0) is 9.08 Å². The van der Waals surface area contributed by atoms with Crippen molar-refractivity contribution in [3.05, 3.63) is 0 Å². The average molecular weight is 282 g/mol. The number of carbonyl (C=O) groups excluding carboxylic acids is 1. The molecule has 1 aliphatic rings. The van der Waals surface area contributed by atoms with Crippen molar-refractivity contribution in [3.8, 4) is 0 Å². The summed E-state index contributed by atoms with van der Waals surface area (Å²) in [5, 5.41) is 0. The average Bonchev–Trinajstić information content (AvgIpc) is 2.23. The Balaban J connectivity index is 2.49. The van der Waals surface area contributed by atoms with E-state index in [2.05, 4.69) is 9.76 Å². The fourth-order valence-electron chi connectivity index (χ4n) is 1.86. The second-order valence-electron chi connectivity index (χ2n) is 5.51. The van der Waals surface area contributed by atoms with Crippen molar-refractivity contribution >= 4 is 17.1 Å². The van der Waals surface area contributed by atoms with E-state index in [1.165, 1.54) is 0 Å². The number of likely N-dealkylation sites (tertiary alicyclic amines) is 1. The normalized spacial score (nSPS) is 23.0. The summed E-state index contributed by atoms with van der Waals surface area (Å²) in [5.41, 5.74) is 1.95. The van der Waals surface area contributed by atoms with E-state index in [-0.39, 0.29) is 11.9 Å². The van der Waals surface area contributed by atoms with Crippen LogP contribution in [0.2, 0.25) is 0 Å². The van der Waals surface area contributed by atoms with Crippen molar-refractivity contribution in [3.63, 3.8) is 0 Å². The van der Waals surface area contributed by atoms with Crippen LogP contribution in [0.3, 0.4) is 0 Å². The maximum absolute atomic E-state index is 12.1. The number of nitrogens with one attached hydrogen (secondary N) is 1. The zero-order valence-electron chi connectivity index (χ0n) is 10.9. The molecular weight excluding hydrogens is 260 g/mol. The predicted octanol–water partition coefficient (Wildman–Crippen LogP) is 1.68. The van der Waals surface area contributed by atoms with E-state index in [0.717, 1.165) is 12.8 Å². The molecule has 0 spiro atoms. The summed E-state index contributed by atoms with van der Waals surface area (Å²) in [6.07, 6.45) is 1.54. The number of nitrogens with zero attached hydrogens (tertiary/aromatic N) is 1. The predicted molar refractivity (Wildman–Crippen MR) is 68.8 cm³/mol. The SMILES string of the molecule is CC(C)(C)C(=O)N1CCCC(NOS(O)(O)O)C1. The molecule has 1 fully saturated rings. The summed E-state index contributed by atoms with van der Waals surface area (Å²) in [6, 6.07) is -0.219. The van der Waals surface area contributed by atoms with Gasteiger partial charge in [0, 0.05) is 18.5 Å². The first-order chi connectivity index (χ1) is 8.09. The fourth-order valence-corrected chi connectivity index (χ4v) is 2.13. The Hall–Kier alpha value is -0.380.